The molecule has 1 aliphatic heterocycles. The number of amides is 3. The zero-order chi connectivity index (χ0) is 22.2. The number of allylic oxidation sites excluding steroid dienone is 2. The fraction of sp³-hybridized carbons (Fsp3) is 0.0909. The van der Waals surface area contributed by atoms with E-state index in [-0.39, 0.29) is 30.2 Å². The van der Waals surface area contributed by atoms with Crippen LogP contribution in [0.25, 0.3) is 6.08 Å². The van der Waals surface area contributed by atoms with Crippen LogP contribution in [0.15, 0.2) is 71.7 Å². The predicted molar refractivity (Wildman–Crippen MR) is 124 cm³/mol. The lowest BCUT2D eigenvalue weighted by Gasteiger charge is -2.14. The number of thiocarbonyl (C=S) groups is 1. The quantitative estimate of drug-likeness (QED) is 0.353. The van der Waals surface area contributed by atoms with E-state index in [9.17, 15) is 19.5 Å². The number of hydrazine groups is 1. The molecular weight excluding hydrogens is 434 g/mol. The first-order valence-electron chi connectivity index (χ1n) is 9.30. The summed E-state index contributed by atoms with van der Waals surface area (Å²) in [6.45, 7) is 0.0860. The molecule has 2 aromatic carbocycles. The molecule has 0 atom stereocenters. The van der Waals surface area contributed by atoms with Crippen LogP contribution in [0.5, 0.6) is 5.75 Å². The van der Waals surface area contributed by atoms with Crippen LogP contribution in [0.1, 0.15) is 22.3 Å². The molecule has 3 rings (SSSR count). The summed E-state index contributed by atoms with van der Waals surface area (Å²) in [6, 6.07) is 15.6. The zero-order valence-corrected chi connectivity index (χ0v) is 17.9. The predicted octanol–water partition coefficient (Wildman–Crippen LogP) is 3.00. The minimum absolute atomic E-state index is 0.0356. The van der Waals surface area contributed by atoms with E-state index >= 15 is 0 Å². The second-order valence-electron chi connectivity index (χ2n) is 6.39. The van der Waals surface area contributed by atoms with Gasteiger partial charge >= 0.3 is 0 Å². The van der Waals surface area contributed by atoms with Gasteiger partial charge in [-0.05, 0) is 23.8 Å². The van der Waals surface area contributed by atoms with Crippen molar-refractivity contribution in [3.63, 3.8) is 0 Å². The molecule has 1 fully saturated rings. The summed E-state index contributed by atoms with van der Waals surface area (Å²) < 4.78 is 0.371. The fourth-order valence-electron chi connectivity index (χ4n) is 2.65. The van der Waals surface area contributed by atoms with E-state index in [0.717, 1.165) is 5.56 Å². The van der Waals surface area contributed by atoms with Crippen molar-refractivity contribution in [3.05, 3.63) is 82.8 Å². The number of nitrogens with one attached hydrogen (secondary N) is 2. The standard InChI is InChI=1S/C22H19N3O4S2/c26-17-11-5-4-10-16(17)20(28)24-23-19(27)13-14-25-21(29)18(31-22(25)30)12-6-9-15-7-2-1-3-8-15/h1-12,26H,13-14H2,(H,23,27)(H,24,28)/b9-6+,18-12-. The topological polar surface area (TPSA) is 98.7 Å². The zero-order valence-electron chi connectivity index (χ0n) is 16.3. The Morgan fingerprint density at radius 3 is 2.52 bits per heavy atom. The van der Waals surface area contributed by atoms with Crippen molar-refractivity contribution in [2.24, 2.45) is 0 Å². The van der Waals surface area contributed by atoms with Crippen LogP contribution in [0.2, 0.25) is 0 Å². The number of aromatic hydroxyl groups is 1. The van der Waals surface area contributed by atoms with Crippen LogP contribution >= 0.6 is 24.0 Å². The Morgan fingerprint density at radius 2 is 1.77 bits per heavy atom. The molecule has 0 unspecified atom stereocenters. The average Bonchev–Trinajstić information content (AvgIpc) is 3.04. The van der Waals surface area contributed by atoms with Crippen LogP contribution in [-0.4, -0.2) is 38.6 Å². The van der Waals surface area contributed by atoms with Gasteiger partial charge in [0, 0.05) is 13.0 Å². The molecule has 0 spiro atoms. The van der Waals surface area contributed by atoms with Gasteiger partial charge in [-0.25, -0.2) is 0 Å². The third-order valence-corrected chi connectivity index (χ3v) is 5.63. The molecule has 2 aromatic rings. The molecule has 3 amide bonds. The van der Waals surface area contributed by atoms with E-state index in [2.05, 4.69) is 10.9 Å². The molecule has 0 bridgehead atoms. The van der Waals surface area contributed by atoms with Crippen molar-refractivity contribution < 1.29 is 19.5 Å². The summed E-state index contributed by atoms with van der Waals surface area (Å²) in [6.07, 6.45) is 5.30. The van der Waals surface area contributed by atoms with Crippen molar-refractivity contribution in [2.45, 2.75) is 6.42 Å². The second kappa shape index (κ2) is 10.6. The van der Waals surface area contributed by atoms with Crippen LogP contribution in [0, 0.1) is 0 Å². The molecule has 31 heavy (non-hydrogen) atoms. The van der Waals surface area contributed by atoms with Crippen molar-refractivity contribution in [2.75, 3.05) is 6.54 Å². The highest BCUT2D eigenvalue weighted by molar-refractivity contribution is 8.26. The largest absolute Gasteiger partial charge is 0.507 e. The molecule has 7 nitrogen and oxygen atoms in total. The Kier molecular flexibility index (Phi) is 7.58. The van der Waals surface area contributed by atoms with Gasteiger partial charge in [-0.15, -0.1) is 0 Å². The molecule has 9 heteroatoms. The summed E-state index contributed by atoms with van der Waals surface area (Å²) in [7, 11) is 0. The smallest absolute Gasteiger partial charge is 0.273 e. The Hall–Kier alpha value is -3.43. The van der Waals surface area contributed by atoms with E-state index in [1.54, 1.807) is 24.3 Å². The SMILES string of the molecule is O=C(CCN1C(=O)/C(=C/C=C/c2ccccc2)SC1=S)NNC(=O)c1ccccc1O. The number of hydrogen-bond acceptors (Lipinski definition) is 6. The summed E-state index contributed by atoms with van der Waals surface area (Å²) >= 11 is 6.42. The van der Waals surface area contributed by atoms with E-state index in [1.165, 1.54) is 28.8 Å². The van der Waals surface area contributed by atoms with Crippen molar-refractivity contribution in [3.8, 4) is 5.75 Å². The maximum Gasteiger partial charge on any atom is 0.273 e. The van der Waals surface area contributed by atoms with Gasteiger partial charge in [0.2, 0.25) is 5.91 Å². The maximum absolute atomic E-state index is 12.5. The number of phenols is 1. The monoisotopic (exact) mass is 453 g/mol. The third-order valence-electron chi connectivity index (χ3n) is 4.24. The molecule has 1 saturated heterocycles. The molecule has 0 aliphatic carbocycles. The summed E-state index contributed by atoms with van der Waals surface area (Å²) in [5, 5.41) is 9.66. The number of rotatable bonds is 6. The maximum atomic E-state index is 12.5. The lowest BCUT2D eigenvalue weighted by molar-refractivity contribution is -0.124. The van der Waals surface area contributed by atoms with Gasteiger partial charge in [0.15, 0.2) is 0 Å². The molecule has 1 aliphatic rings. The number of nitrogens with zero attached hydrogens (tertiary/aromatic N) is 1. The van der Waals surface area contributed by atoms with E-state index in [0.29, 0.717) is 9.23 Å². The number of carbonyl (C=O) groups excluding carboxylic acids is 3. The van der Waals surface area contributed by atoms with Crippen LogP contribution in [0.4, 0.5) is 0 Å². The highest BCUT2D eigenvalue weighted by Crippen LogP contribution is 2.31. The second-order valence-corrected chi connectivity index (χ2v) is 8.07. The van der Waals surface area contributed by atoms with Gasteiger partial charge in [-0.3, -0.25) is 30.1 Å². The molecule has 0 saturated carbocycles. The Bertz CT molecular complexity index is 1070. The highest BCUT2D eigenvalue weighted by atomic mass is 32.2. The third kappa shape index (κ3) is 6.03. The van der Waals surface area contributed by atoms with Crippen LogP contribution in [-0.2, 0) is 9.59 Å². The van der Waals surface area contributed by atoms with Gasteiger partial charge < -0.3 is 5.11 Å². The van der Waals surface area contributed by atoms with Crippen LogP contribution < -0.4 is 10.9 Å². The molecule has 1 heterocycles. The van der Waals surface area contributed by atoms with Gasteiger partial charge in [-0.2, -0.15) is 0 Å². The number of thioether (sulfide) groups is 1. The first kappa shape index (κ1) is 22.3. The summed E-state index contributed by atoms with van der Waals surface area (Å²) in [4.78, 5) is 38.4. The number of carbonyl (C=O) groups is 3. The summed E-state index contributed by atoms with van der Waals surface area (Å²) in [5.41, 5.74) is 5.54. The Morgan fingerprint density at radius 1 is 1.06 bits per heavy atom. The molecule has 0 aromatic heterocycles. The van der Waals surface area contributed by atoms with Gasteiger partial charge in [0.25, 0.3) is 11.8 Å². The minimum atomic E-state index is -0.648. The number of phenolic OH excluding ortho intramolecular Hbond substituents is 1. The van der Waals surface area contributed by atoms with E-state index in [4.69, 9.17) is 12.2 Å². The first-order valence-corrected chi connectivity index (χ1v) is 10.5. The Balaban J connectivity index is 1.49. The van der Waals surface area contributed by atoms with Crippen molar-refractivity contribution >= 4 is 52.1 Å². The summed E-state index contributed by atoms with van der Waals surface area (Å²) in [5.74, 6) is -1.60. The number of hydrogen-bond donors (Lipinski definition) is 3. The highest BCUT2D eigenvalue weighted by Gasteiger charge is 2.31. The molecule has 158 valence electrons. The van der Waals surface area contributed by atoms with Crippen molar-refractivity contribution in [1.82, 2.24) is 15.8 Å². The Labute approximate surface area is 188 Å². The van der Waals surface area contributed by atoms with Gasteiger partial charge in [0.1, 0.15) is 10.1 Å². The lowest BCUT2D eigenvalue weighted by atomic mass is 10.2. The average molecular weight is 454 g/mol. The van der Waals surface area contributed by atoms with Gasteiger partial charge in [0.05, 0.1) is 10.5 Å². The molecule has 3 N–H and O–H groups in total. The lowest BCUT2D eigenvalue weighted by Crippen LogP contribution is -2.43. The molecule has 0 radical (unpaired) electrons. The number of para-hydroxylation sites is 1. The normalized spacial score (nSPS) is 15.0. The van der Waals surface area contributed by atoms with E-state index < -0.39 is 11.8 Å². The first-order chi connectivity index (χ1) is 15.0. The minimum Gasteiger partial charge on any atom is -0.507 e. The molecular formula is C22H19N3O4S2. The van der Waals surface area contributed by atoms with Crippen molar-refractivity contribution in [1.29, 1.82) is 0 Å². The van der Waals surface area contributed by atoms with Gasteiger partial charge in [-0.1, -0.05) is 78.6 Å². The van der Waals surface area contributed by atoms with E-state index in [1.807, 2.05) is 36.4 Å². The number of benzene rings is 2. The van der Waals surface area contributed by atoms with Crippen LogP contribution in [0.3, 0.4) is 0 Å². The fourth-order valence-corrected chi connectivity index (χ4v) is 3.91.